The van der Waals surface area contributed by atoms with Gasteiger partial charge in [0.05, 0.1) is 6.04 Å². The summed E-state index contributed by atoms with van der Waals surface area (Å²) in [7, 11) is 0. The molecule has 6 heteroatoms. The largest absolute Gasteiger partial charge is 0.508 e. The molecule has 0 unspecified atom stereocenters. The van der Waals surface area contributed by atoms with Crippen molar-refractivity contribution in [2.24, 2.45) is 5.73 Å². The molecule has 1 aromatic rings. The fourth-order valence-corrected chi connectivity index (χ4v) is 2.61. The second kappa shape index (κ2) is 4.46. The minimum atomic E-state index is -1.19. The zero-order chi connectivity index (χ0) is 14.2. The van der Waals surface area contributed by atoms with E-state index in [0.717, 1.165) is 10.5 Å². The minimum absolute atomic E-state index is 0.112. The number of carboxylic acid groups (broad SMARTS) is 1. The smallest absolute Gasteiger partial charge is 0.408 e. The van der Waals surface area contributed by atoms with Crippen molar-refractivity contribution in [2.45, 2.75) is 31.3 Å². The predicted molar refractivity (Wildman–Crippen MR) is 67.5 cm³/mol. The molecule has 2 amide bonds. The van der Waals surface area contributed by atoms with Gasteiger partial charge in [-0.3, -0.25) is 9.69 Å². The Morgan fingerprint density at radius 1 is 1.37 bits per heavy atom. The molecule has 0 aliphatic carbocycles. The number of nitrogens with zero attached hydrogens (tertiary/aromatic N) is 1. The standard InChI is InChI=1S/C13H16N2O4/c1-13(11(14)17)7-6-10(15(13)12(18)19)8-2-4-9(16)5-3-8/h2-5,10,16H,6-7H2,1H3,(H2,14,17)(H,18,19)/t10-,13+/m1/s1. The SMILES string of the molecule is C[C@@]1(C(N)=O)CC[C@H](c2ccc(O)cc2)N1C(=O)O. The molecule has 0 radical (unpaired) electrons. The van der Waals surface area contributed by atoms with Gasteiger partial charge in [0.15, 0.2) is 0 Å². The van der Waals surface area contributed by atoms with E-state index >= 15 is 0 Å². The van der Waals surface area contributed by atoms with Gasteiger partial charge in [-0.25, -0.2) is 4.79 Å². The highest BCUT2D eigenvalue weighted by Gasteiger charge is 2.50. The topological polar surface area (TPSA) is 104 Å². The van der Waals surface area contributed by atoms with Crippen LogP contribution >= 0.6 is 0 Å². The monoisotopic (exact) mass is 264 g/mol. The second-order valence-electron chi connectivity index (χ2n) is 4.94. The molecule has 6 nitrogen and oxygen atoms in total. The van der Waals surface area contributed by atoms with Crippen molar-refractivity contribution in [1.29, 1.82) is 0 Å². The number of carbonyl (C=O) groups excluding carboxylic acids is 1. The molecule has 1 fully saturated rings. The number of phenolic OH excluding ortho intramolecular Hbond substituents is 1. The second-order valence-corrected chi connectivity index (χ2v) is 4.94. The Labute approximate surface area is 110 Å². The van der Waals surface area contributed by atoms with Gasteiger partial charge in [0.25, 0.3) is 0 Å². The molecule has 1 aromatic carbocycles. The predicted octanol–water partition coefficient (Wildman–Crippen LogP) is 1.45. The van der Waals surface area contributed by atoms with Gasteiger partial charge in [0.2, 0.25) is 5.91 Å². The maximum absolute atomic E-state index is 11.5. The molecule has 2 rings (SSSR count). The molecular weight excluding hydrogens is 248 g/mol. The average molecular weight is 264 g/mol. The number of aromatic hydroxyl groups is 1. The van der Waals surface area contributed by atoms with Crippen LogP contribution in [0.1, 0.15) is 31.4 Å². The first-order valence-electron chi connectivity index (χ1n) is 5.97. The lowest BCUT2D eigenvalue weighted by molar-refractivity contribution is -0.127. The van der Waals surface area contributed by atoms with Crippen molar-refractivity contribution in [3.05, 3.63) is 29.8 Å². The van der Waals surface area contributed by atoms with Crippen LogP contribution in [-0.2, 0) is 4.79 Å². The summed E-state index contributed by atoms with van der Waals surface area (Å²) < 4.78 is 0. The van der Waals surface area contributed by atoms with Gasteiger partial charge < -0.3 is 15.9 Å². The number of hydrogen-bond donors (Lipinski definition) is 3. The first-order valence-corrected chi connectivity index (χ1v) is 5.97. The number of carbonyl (C=O) groups is 2. The van der Waals surface area contributed by atoms with E-state index in [-0.39, 0.29) is 5.75 Å². The fourth-order valence-electron chi connectivity index (χ4n) is 2.61. The van der Waals surface area contributed by atoms with Crippen molar-refractivity contribution in [1.82, 2.24) is 4.90 Å². The van der Waals surface area contributed by atoms with Gasteiger partial charge in [-0.1, -0.05) is 12.1 Å². The summed E-state index contributed by atoms with van der Waals surface area (Å²) in [5.74, 6) is -0.530. The third-order valence-electron chi connectivity index (χ3n) is 3.76. The van der Waals surface area contributed by atoms with Crippen LogP contribution in [0.5, 0.6) is 5.75 Å². The van der Waals surface area contributed by atoms with Crippen molar-refractivity contribution in [3.8, 4) is 5.75 Å². The van der Waals surface area contributed by atoms with E-state index in [0.29, 0.717) is 12.8 Å². The highest BCUT2D eigenvalue weighted by atomic mass is 16.4. The number of hydrogen-bond acceptors (Lipinski definition) is 3. The summed E-state index contributed by atoms with van der Waals surface area (Å²) in [6.45, 7) is 1.55. The van der Waals surface area contributed by atoms with Gasteiger partial charge in [0, 0.05) is 0 Å². The molecule has 0 bridgehead atoms. The van der Waals surface area contributed by atoms with Gasteiger partial charge >= 0.3 is 6.09 Å². The molecule has 1 aliphatic heterocycles. The Balaban J connectivity index is 2.39. The molecule has 2 atom stereocenters. The van der Waals surface area contributed by atoms with Gasteiger partial charge in [0.1, 0.15) is 11.3 Å². The Morgan fingerprint density at radius 3 is 2.42 bits per heavy atom. The van der Waals surface area contributed by atoms with Gasteiger partial charge in [-0.05, 0) is 37.5 Å². The van der Waals surface area contributed by atoms with Crippen LogP contribution in [0.3, 0.4) is 0 Å². The highest BCUT2D eigenvalue weighted by molar-refractivity contribution is 5.88. The number of benzene rings is 1. The number of nitrogens with two attached hydrogens (primary N) is 1. The van der Waals surface area contributed by atoms with E-state index in [2.05, 4.69) is 0 Å². The van der Waals surface area contributed by atoms with Crippen LogP contribution in [0.25, 0.3) is 0 Å². The van der Waals surface area contributed by atoms with Crippen LogP contribution in [0.2, 0.25) is 0 Å². The quantitative estimate of drug-likeness (QED) is 0.752. The van der Waals surface area contributed by atoms with Crippen LogP contribution in [0.4, 0.5) is 4.79 Å². The van der Waals surface area contributed by atoms with E-state index in [9.17, 15) is 19.8 Å². The number of likely N-dealkylation sites (tertiary alicyclic amines) is 1. The zero-order valence-corrected chi connectivity index (χ0v) is 10.5. The van der Waals surface area contributed by atoms with E-state index in [1.807, 2.05) is 0 Å². The first kappa shape index (κ1) is 13.2. The lowest BCUT2D eigenvalue weighted by Gasteiger charge is -2.33. The lowest BCUT2D eigenvalue weighted by Crippen LogP contribution is -2.54. The molecule has 19 heavy (non-hydrogen) atoms. The van der Waals surface area contributed by atoms with Crippen LogP contribution in [-0.4, -0.2) is 32.7 Å². The van der Waals surface area contributed by atoms with E-state index in [1.165, 1.54) is 12.1 Å². The molecule has 1 saturated heterocycles. The number of primary amides is 1. The summed E-state index contributed by atoms with van der Waals surface area (Å²) in [6, 6.07) is 5.88. The maximum Gasteiger partial charge on any atom is 0.408 e. The summed E-state index contributed by atoms with van der Waals surface area (Å²) in [5.41, 5.74) is 4.90. The number of rotatable bonds is 2. The number of phenols is 1. The molecule has 0 aromatic heterocycles. The molecule has 1 heterocycles. The maximum atomic E-state index is 11.5. The van der Waals surface area contributed by atoms with E-state index in [4.69, 9.17) is 5.73 Å². The summed E-state index contributed by atoms with van der Waals surface area (Å²) in [4.78, 5) is 24.1. The molecule has 1 aliphatic rings. The summed E-state index contributed by atoms with van der Waals surface area (Å²) in [6.07, 6.45) is -0.256. The van der Waals surface area contributed by atoms with E-state index < -0.39 is 23.6 Å². The Morgan fingerprint density at radius 2 is 1.95 bits per heavy atom. The molecular formula is C13H16N2O4. The summed E-state index contributed by atoms with van der Waals surface area (Å²) >= 11 is 0. The van der Waals surface area contributed by atoms with Crippen molar-refractivity contribution in [3.63, 3.8) is 0 Å². The van der Waals surface area contributed by atoms with Crippen molar-refractivity contribution in [2.75, 3.05) is 0 Å². The Kier molecular flexibility index (Phi) is 3.09. The fraction of sp³-hybridized carbons (Fsp3) is 0.385. The van der Waals surface area contributed by atoms with Crippen molar-refractivity contribution < 1.29 is 19.8 Å². The Bertz CT molecular complexity index is 514. The first-order chi connectivity index (χ1) is 8.86. The minimum Gasteiger partial charge on any atom is -0.508 e. The van der Waals surface area contributed by atoms with Crippen LogP contribution in [0.15, 0.2) is 24.3 Å². The third-order valence-corrected chi connectivity index (χ3v) is 3.76. The Hall–Kier alpha value is -2.24. The molecule has 102 valence electrons. The molecule has 4 N–H and O–H groups in total. The molecule has 0 saturated carbocycles. The summed E-state index contributed by atoms with van der Waals surface area (Å²) in [5, 5.41) is 18.6. The van der Waals surface area contributed by atoms with Gasteiger partial charge in [-0.2, -0.15) is 0 Å². The number of amides is 2. The van der Waals surface area contributed by atoms with Crippen LogP contribution in [0, 0.1) is 0 Å². The van der Waals surface area contributed by atoms with Crippen molar-refractivity contribution >= 4 is 12.0 Å². The highest BCUT2D eigenvalue weighted by Crippen LogP contribution is 2.42. The zero-order valence-electron chi connectivity index (χ0n) is 10.5. The average Bonchev–Trinajstić information content (AvgIpc) is 2.69. The third kappa shape index (κ3) is 2.09. The van der Waals surface area contributed by atoms with Crippen LogP contribution < -0.4 is 5.73 Å². The normalized spacial score (nSPS) is 26.4. The van der Waals surface area contributed by atoms with Gasteiger partial charge in [-0.15, -0.1) is 0 Å². The lowest BCUT2D eigenvalue weighted by atomic mass is 9.98. The van der Waals surface area contributed by atoms with E-state index in [1.54, 1.807) is 19.1 Å². The molecule has 0 spiro atoms.